The van der Waals surface area contributed by atoms with Crippen LogP contribution in [0.15, 0.2) is 24.3 Å². The van der Waals surface area contributed by atoms with Crippen molar-refractivity contribution in [1.29, 1.82) is 0 Å². The van der Waals surface area contributed by atoms with E-state index in [0.717, 1.165) is 69.3 Å². The summed E-state index contributed by atoms with van der Waals surface area (Å²) in [7, 11) is 2.23. The second kappa shape index (κ2) is 10.4. The largest absolute Gasteiger partial charge is 0.490 e. The first kappa shape index (κ1) is 25.5. The lowest BCUT2D eigenvalue weighted by Gasteiger charge is -2.42. The van der Waals surface area contributed by atoms with Crippen molar-refractivity contribution in [3.63, 3.8) is 0 Å². The fourth-order valence-corrected chi connectivity index (χ4v) is 4.90. The molecule has 1 aromatic rings. The molecule has 33 heavy (non-hydrogen) atoms. The molecule has 4 rings (SSSR count). The van der Waals surface area contributed by atoms with Crippen LogP contribution in [0.4, 0.5) is 13.2 Å². The Labute approximate surface area is 192 Å². The predicted octanol–water partition coefficient (Wildman–Crippen LogP) is 3.84. The third kappa shape index (κ3) is 6.69. The van der Waals surface area contributed by atoms with E-state index >= 15 is 0 Å². The minimum absolute atomic E-state index is 0.200. The van der Waals surface area contributed by atoms with Gasteiger partial charge in [-0.3, -0.25) is 4.79 Å². The Morgan fingerprint density at radius 2 is 1.76 bits per heavy atom. The van der Waals surface area contributed by atoms with Crippen molar-refractivity contribution in [2.45, 2.75) is 38.8 Å². The van der Waals surface area contributed by atoms with Gasteiger partial charge in [-0.05, 0) is 62.6 Å². The summed E-state index contributed by atoms with van der Waals surface area (Å²) in [6.07, 6.45) is -0.170. The van der Waals surface area contributed by atoms with Gasteiger partial charge >= 0.3 is 12.1 Å². The molecule has 2 saturated heterocycles. The first-order chi connectivity index (χ1) is 15.5. The highest BCUT2D eigenvalue weighted by Crippen LogP contribution is 2.45. The molecule has 1 aromatic carbocycles. The minimum Gasteiger partial charge on any atom is -0.475 e. The molecule has 3 fully saturated rings. The molecule has 2 heterocycles. The van der Waals surface area contributed by atoms with Crippen LogP contribution >= 0.6 is 0 Å². The standard InChI is InChI=1S/C22H32N2O2.C2HF3O2/c1-17-5-3-4-6-20(17)21(25)24-11-9-22(10-12-24)16-23(2)13-19(22)15-26-14-18-7-8-18;3-2(4,5)1(6)7/h3-6,18-19H,7-16H2,1-2H3;(H,6,7). The number of hydrogen-bond acceptors (Lipinski definition) is 4. The van der Waals surface area contributed by atoms with E-state index in [0.29, 0.717) is 11.3 Å². The van der Waals surface area contributed by atoms with Gasteiger partial charge in [-0.2, -0.15) is 13.2 Å². The number of ether oxygens (including phenoxy) is 1. The van der Waals surface area contributed by atoms with Crippen LogP contribution in [0.25, 0.3) is 0 Å². The van der Waals surface area contributed by atoms with Crippen LogP contribution in [0.2, 0.25) is 0 Å². The van der Waals surface area contributed by atoms with Gasteiger partial charge in [0.15, 0.2) is 0 Å². The fraction of sp³-hybridized carbons (Fsp3) is 0.667. The van der Waals surface area contributed by atoms with E-state index in [-0.39, 0.29) is 5.91 Å². The molecule has 9 heteroatoms. The summed E-state index contributed by atoms with van der Waals surface area (Å²) >= 11 is 0. The number of alkyl halides is 3. The maximum Gasteiger partial charge on any atom is 0.490 e. The molecule has 0 bridgehead atoms. The number of halogens is 3. The Morgan fingerprint density at radius 3 is 2.30 bits per heavy atom. The number of rotatable bonds is 5. The smallest absolute Gasteiger partial charge is 0.475 e. The van der Waals surface area contributed by atoms with Gasteiger partial charge in [0.1, 0.15) is 0 Å². The molecule has 184 valence electrons. The molecule has 3 aliphatic rings. The SMILES string of the molecule is Cc1ccccc1C(=O)N1CCC2(CC1)CN(C)CC2COCC1CC1.O=C(O)C(F)(F)F. The van der Waals surface area contributed by atoms with Crippen LogP contribution in [0.1, 0.15) is 41.6 Å². The number of carbonyl (C=O) groups is 2. The Kier molecular flexibility index (Phi) is 8.05. The molecule has 1 aliphatic carbocycles. The van der Waals surface area contributed by atoms with Gasteiger partial charge < -0.3 is 19.6 Å². The Hall–Kier alpha value is -2.13. The Morgan fingerprint density at radius 1 is 1.15 bits per heavy atom. The zero-order chi connectivity index (χ0) is 24.2. The topological polar surface area (TPSA) is 70.1 Å². The molecule has 1 amide bonds. The Bertz CT molecular complexity index is 833. The summed E-state index contributed by atoms with van der Waals surface area (Å²) in [5.41, 5.74) is 2.27. The van der Waals surface area contributed by atoms with E-state index in [4.69, 9.17) is 14.6 Å². The number of carboxylic acids is 1. The lowest BCUT2D eigenvalue weighted by Crippen LogP contribution is -2.47. The average Bonchev–Trinajstić information content (AvgIpc) is 3.52. The van der Waals surface area contributed by atoms with Crippen LogP contribution in [-0.2, 0) is 9.53 Å². The van der Waals surface area contributed by atoms with Gasteiger partial charge in [0.2, 0.25) is 0 Å². The van der Waals surface area contributed by atoms with Crippen molar-refractivity contribution in [3.05, 3.63) is 35.4 Å². The molecule has 1 unspecified atom stereocenters. The number of likely N-dealkylation sites (tertiary alicyclic amines) is 2. The van der Waals surface area contributed by atoms with Crippen LogP contribution in [-0.4, -0.2) is 79.4 Å². The first-order valence-electron chi connectivity index (χ1n) is 11.4. The summed E-state index contributed by atoms with van der Waals surface area (Å²) in [4.78, 5) is 26.3. The highest BCUT2D eigenvalue weighted by molar-refractivity contribution is 5.95. The van der Waals surface area contributed by atoms with Crippen molar-refractivity contribution in [1.82, 2.24) is 9.80 Å². The number of nitrogens with zero attached hydrogens (tertiary/aromatic N) is 2. The average molecular weight is 471 g/mol. The van der Waals surface area contributed by atoms with Crippen LogP contribution in [0.3, 0.4) is 0 Å². The van der Waals surface area contributed by atoms with Crippen LogP contribution in [0, 0.1) is 24.2 Å². The normalized spacial score (nSPS) is 22.7. The maximum atomic E-state index is 12.9. The number of benzene rings is 1. The lowest BCUT2D eigenvalue weighted by molar-refractivity contribution is -0.192. The van der Waals surface area contributed by atoms with Crippen molar-refractivity contribution >= 4 is 11.9 Å². The number of amides is 1. The van der Waals surface area contributed by atoms with E-state index in [1.54, 1.807) is 0 Å². The van der Waals surface area contributed by atoms with Gasteiger partial charge in [-0.1, -0.05) is 18.2 Å². The molecule has 1 saturated carbocycles. The molecular formula is C24H33F3N2O4. The molecule has 0 radical (unpaired) electrons. The number of aryl methyl sites for hydroxylation is 1. The van der Waals surface area contributed by atoms with Crippen molar-refractivity contribution in [3.8, 4) is 0 Å². The summed E-state index contributed by atoms with van der Waals surface area (Å²) < 4.78 is 37.8. The highest BCUT2D eigenvalue weighted by Gasteiger charge is 2.47. The van der Waals surface area contributed by atoms with E-state index < -0.39 is 12.1 Å². The van der Waals surface area contributed by atoms with Crippen molar-refractivity contribution in [2.75, 3.05) is 46.4 Å². The van der Waals surface area contributed by atoms with Gasteiger partial charge in [0.05, 0.1) is 6.61 Å². The van der Waals surface area contributed by atoms with Gasteiger partial charge in [0.25, 0.3) is 5.91 Å². The minimum atomic E-state index is -5.08. The molecule has 6 nitrogen and oxygen atoms in total. The van der Waals surface area contributed by atoms with Crippen molar-refractivity contribution in [2.24, 2.45) is 17.3 Å². The molecule has 1 spiro atoms. The van der Waals surface area contributed by atoms with E-state index in [1.807, 2.05) is 31.2 Å². The van der Waals surface area contributed by atoms with E-state index in [1.165, 1.54) is 12.8 Å². The Balaban J connectivity index is 0.000000383. The highest BCUT2D eigenvalue weighted by atomic mass is 19.4. The number of carbonyl (C=O) groups excluding carboxylic acids is 1. The number of carboxylic acid groups (broad SMARTS) is 1. The molecule has 1 atom stereocenters. The molecular weight excluding hydrogens is 437 g/mol. The predicted molar refractivity (Wildman–Crippen MR) is 117 cm³/mol. The lowest BCUT2D eigenvalue weighted by atomic mass is 9.71. The van der Waals surface area contributed by atoms with Crippen molar-refractivity contribution < 1.29 is 32.6 Å². The van der Waals surface area contributed by atoms with Crippen LogP contribution < -0.4 is 0 Å². The number of aliphatic carboxylic acids is 1. The van der Waals surface area contributed by atoms with Crippen LogP contribution in [0.5, 0.6) is 0 Å². The summed E-state index contributed by atoms with van der Waals surface area (Å²) in [6, 6.07) is 7.94. The molecule has 2 aliphatic heterocycles. The quantitative estimate of drug-likeness (QED) is 0.708. The zero-order valence-electron chi connectivity index (χ0n) is 19.2. The number of piperidine rings is 1. The third-order valence-electron chi connectivity index (χ3n) is 7.02. The van der Waals surface area contributed by atoms with Gasteiger partial charge in [0, 0.05) is 44.3 Å². The first-order valence-corrected chi connectivity index (χ1v) is 11.4. The van der Waals surface area contributed by atoms with Gasteiger partial charge in [-0.15, -0.1) is 0 Å². The second-order valence-corrected chi connectivity index (χ2v) is 9.65. The summed E-state index contributed by atoms with van der Waals surface area (Å²) in [5, 5.41) is 7.12. The fourth-order valence-electron chi connectivity index (χ4n) is 4.90. The zero-order valence-corrected chi connectivity index (χ0v) is 19.2. The van der Waals surface area contributed by atoms with E-state index in [9.17, 15) is 18.0 Å². The monoisotopic (exact) mass is 470 g/mol. The molecule has 0 aromatic heterocycles. The second-order valence-electron chi connectivity index (χ2n) is 9.65. The summed E-state index contributed by atoms with van der Waals surface area (Å²) in [6.45, 7) is 7.91. The molecule has 1 N–H and O–H groups in total. The summed E-state index contributed by atoms with van der Waals surface area (Å²) in [5.74, 6) is -1.11. The number of hydrogen-bond donors (Lipinski definition) is 1. The van der Waals surface area contributed by atoms with Gasteiger partial charge in [-0.25, -0.2) is 4.79 Å². The van der Waals surface area contributed by atoms with E-state index in [2.05, 4.69) is 16.8 Å². The maximum absolute atomic E-state index is 12.9. The third-order valence-corrected chi connectivity index (χ3v) is 7.02.